The molecule has 0 aromatic carbocycles. The van der Waals surface area contributed by atoms with Crippen LogP contribution >= 0.6 is 12.6 Å². The van der Waals surface area contributed by atoms with Gasteiger partial charge in [0.15, 0.2) is 0 Å². The monoisotopic (exact) mass is 192 g/mol. The van der Waals surface area contributed by atoms with Crippen molar-refractivity contribution in [1.29, 1.82) is 0 Å². The van der Waals surface area contributed by atoms with E-state index >= 15 is 0 Å². The van der Waals surface area contributed by atoms with Gasteiger partial charge in [0.1, 0.15) is 0 Å². The summed E-state index contributed by atoms with van der Waals surface area (Å²) in [5, 5.41) is 6.14. The number of thiol groups is 1. The first-order valence-electron chi connectivity index (χ1n) is 0.651. The molecule has 0 unspecified atom stereocenters. The van der Waals surface area contributed by atoms with E-state index in [0.29, 0.717) is 0 Å². The summed E-state index contributed by atoms with van der Waals surface area (Å²) in [4.78, 5) is 8.86. The fraction of sp³-hybridized carbons (Fsp3) is 0. The third-order valence-corrected chi connectivity index (χ3v) is 0. The Morgan fingerprint density at radius 1 is 1.10 bits per heavy atom. The summed E-state index contributed by atoms with van der Waals surface area (Å²) < 4.78 is 0. The van der Waals surface area contributed by atoms with Crippen molar-refractivity contribution in [2.24, 2.45) is 0 Å². The normalized spacial score (nSPS) is 2.50. The van der Waals surface area contributed by atoms with Crippen molar-refractivity contribution in [3.63, 3.8) is 0 Å². The molecule has 0 aliphatic rings. The molecule has 7 nitrogen and oxygen atoms in total. The molecule has 11 N–H and O–H groups in total. The van der Waals surface area contributed by atoms with Crippen molar-refractivity contribution < 1.29 is 68.3 Å². The minimum Gasteiger partial charge on any atom is -1.00 e. The van der Waals surface area contributed by atoms with Crippen LogP contribution in [0.1, 0.15) is 1.43 Å². The maximum atomic E-state index is 8.86. The third-order valence-electron chi connectivity index (χ3n) is 0. The molecule has 9 heteroatoms. The van der Waals surface area contributed by atoms with E-state index in [-0.39, 0.29) is 58.4 Å². The van der Waals surface area contributed by atoms with E-state index in [2.05, 4.69) is 12.6 Å². The summed E-state index contributed by atoms with van der Waals surface area (Å²) in [5.41, 5.74) is 0. The standard InChI is InChI=1S/CH2O2S.Na.5H2O.H/c2-1(3)4;;;;;;;/h4H,(H,2,3);;5*1H2;/q;+1;;;;;;-1. The Labute approximate surface area is 86.2 Å². The van der Waals surface area contributed by atoms with Crippen molar-refractivity contribution in [1.82, 2.24) is 0 Å². The molecule has 10 heavy (non-hydrogen) atoms. The van der Waals surface area contributed by atoms with Gasteiger partial charge in [-0.05, 0) is 0 Å². The van der Waals surface area contributed by atoms with Crippen LogP contribution in [0.5, 0.6) is 0 Å². The Morgan fingerprint density at radius 3 is 1.10 bits per heavy atom. The van der Waals surface area contributed by atoms with Crippen LogP contribution < -0.4 is 29.6 Å². The molecule has 0 atom stereocenters. The molecule has 0 heterocycles. The summed E-state index contributed by atoms with van der Waals surface area (Å²) in [5.74, 6) is 0. The van der Waals surface area contributed by atoms with Crippen molar-refractivity contribution in [2.75, 3.05) is 0 Å². The molecule has 0 saturated heterocycles. The Morgan fingerprint density at radius 2 is 1.10 bits per heavy atom. The number of carbonyl (C=O) groups is 1. The Hall–Kier alpha value is 0.620. The summed E-state index contributed by atoms with van der Waals surface area (Å²) in [6.45, 7) is 0. The first-order valence-corrected chi connectivity index (χ1v) is 1.10. The van der Waals surface area contributed by atoms with E-state index in [1.165, 1.54) is 0 Å². The molecule has 0 aromatic heterocycles. The summed E-state index contributed by atoms with van der Waals surface area (Å²) in [6.07, 6.45) is 0. The molecule has 0 aromatic rings. The van der Waals surface area contributed by atoms with Crippen LogP contribution in [-0.4, -0.2) is 37.8 Å². The van der Waals surface area contributed by atoms with Gasteiger partial charge in [0.05, 0.1) is 0 Å². The quantitative estimate of drug-likeness (QED) is 0.284. The van der Waals surface area contributed by atoms with E-state index in [1.54, 1.807) is 0 Å². The fourth-order valence-electron chi connectivity index (χ4n) is 0. The van der Waals surface area contributed by atoms with Crippen LogP contribution in [0.4, 0.5) is 4.79 Å². The van der Waals surface area contributed by atoms with E-state index in [0.717, 1.165) is 0 Å². The zero-order valence-electron chi connectivity index (χ0n) is 6.30. The van der Waals surface area contributed by atoms with Crippen LogP contribution in [0, 0.1) is 0 Å². The van der Waals surface area contributed by atoms with E-state index in [9.17, 15) is 0 Å². The average molecular weight is 192 g/mol. The zero-order chi connectivity index (χ0) is 3.58. The van der Waals surface area contributed by atoms with E-state index in [1.807, 2.05) is 0 Å². The molecule has 0 aliphatic heterocycles. The maximum Gasteiger partial charge on any atom is 1.00 e. The maximum absolute atomic E-state index is 8.86. The first kappa shape index (κ1) is 75.0. The van der Waals surface area contributed by atoms with Gasteiger partial charge in [-0.1, -0.05) is 12.6 Å². The van der Waals surface area contributed by atoms with Crippen molar-refractivity contribution in [3.8, 4) is 0 Å². The van der Waals surface area contributed by atoms with Crippen molar-refractivity contribution in [3.05, 3.63) is 0 Å². The Kier molecular flexibility index (Phi) is 409. The van der Waals surface area contributed by atoms with Crippen LogP contribution in [0.3, 0.4) is 0 Å². The SMILES string of the molecule is O.O.O.O.O.O=C(O)S.[H-].[Na+]. The molecule has 0 spiro atoms. The van der Waals surface area contributed by atoms with E-state index < -0.39 is 5.30 Å². The second-order valence-corrected chi connectivity index (χ2v) is 0.665. The van der Waals surface area contributed by atoms with Gasteiger partial charge in [0.25, 0.3) is 0 Å². The minimum absolute atomic E-state index is 0. The average Bonchev–Trinajstić information content (AvgIpc) is 0.811. The van der Waals surface area contributed by atoms with Crippen LogP contribution in [-0.2, 0) is 0 Å². The molecule has 0 amide bonds. The molecular formula is CH13NaO7S. The van der Waals surface area contributed by atoms with Crippen LogP contribution in [0.25, 0.3) is 0 Å². The second kappa shape index (κ2) is 54.5. The molecule has 0 saturated carbocycles. The second-order valence-electron chi connectivity index (χ2n) is 0.283. The van der Waals surface area contributed by atoms with Gasteiger partial charge in [-0.15, -0.1) is 0 Å². The van der Waals surface area contributed by atoms with Crippen LogP contribution in [0.2, 0.25) is 0 Å². The molecule has 0 bridgehead atoms. The van der Waals surface area contributed by atoms with Gasteiger partial charge in [0.2, 0.25) is 0 Å². The van der Waals surface area contributed by atoms with Gasteiger partial charge in [-0.3, -0.25) is 0 Å². The fourth-order valence-corrected chi connectivity index (χ4v) is 0. The molecule has 0 rings (SSSR count). The molecular weight excluding hydrogens is 179 g/mol. The molecule has 0 aliphatic carbocycles. The smallest absolute Gasteiger partial charge is 1.00 e. The van der Waals surface area contributed by atoms with E-state index in [4.69, 9.17) is 9.90 Å². The van der Waals surface area contributed by atoms with Crippen molar-refractivity contribution >= 4 is 17.9 Å². The van der Waals surface area contributed by atoms with Gasteiger partial charge in [-0.25, -0.2) is 4.79 Å². The Balaban J connectivity index is -0.00000000214. The first-order chi connectivity index (χ1) is 1.73. The number of rotatable bonds is 0. The van der Waals surface area contributed by atoms with Gasteiger partial charge in [0, 0.05) is 0 Å². The number of hydrogen-bond acceptors (Lipinski definition) is 1. The third kappa shape index (κ3) is 1300. The topological polar surface area (TPSA) is 195 Å². The molecule has 66 valence electrons. The van der Waals surface area contributed by atoms with Crippen molar-refractivity contribution in [2.45, 2.75) is 0 Å². The zero-order valence-corrected chi connectivity index (χ0v) is 8.20. The molecule has 0 fully saturated rings. The minimum atomic E-state index is -1.14. The number of hydrogen-bond donors (Lipinski definition) is 2. The predicted octanol–water partition coefficient (Wildman–Crippen LogP) is -6.41. The summed E-state index contributed by atoms with van der Waals surface area (Å²) >= 11 is 2.88. The predicted molar refractivity (Wildman–Crippen MR) is 36.2 cm³/mol. The number of carboxylic acid groups (broad SMARTS) is 1. The largest absolute Gasteiger partial charge is 1.00 e. The van der Waals surface area contributed by atoms with Gasteiger partial charge in [-0.2, -0.15) is 0 Å². The molecule has 0 radical (unpaired) electrons. The van der Waals surface area contributed by atoms with Crippen LogP contribution in [0.15, 0.2) is 0 Å². The Bertz CT molecular complexity index is 41.4. The summed E-state index contributed by atoms with van der Waals surface area (Å²) in [6, 6.07) is 0. The summed E-state index contributed by atoms with van der Waals surface area (Å²) in [7, 11) is 0. The van der Waals surface area contributed by atoms with Gasteiger partial charge < -0.3 is 33.9 Å². The van der Waals surface area contributed by atoms with Gasteiger partial charge >= 0.3 is 34.9 Å².